The second-order valence-corrected chi connectivity index (χ2v) is 3.42. The highest BCUT2D eigenvalue weighted by molar-refractivity contribution is 5.91. The number of methoxy groups -OCH3 is 1. The number of amides is 1. The van der Waals surface area contributed by atoms with Crippen molar-refractivity contribution in [3.05, 3.63) is 18.0 Å². The smallest absolute Gasteiger partial charge is 0.322 e. The number of carbonyl (C=O) groups is 1. The third-order valence-electron chi connectivity index (χ3n) is 2.26. The fraction of sp³-hybridized carbons (Fsp3) is 0.300. The Bertz CT molecular complexity index is 573. The Balaban J connectivity index is 2.40. The minimum atomic E-state index is -0.284. The Morgan fingerprint density at radius 2 is 2.11 bits per heavy atom. The summed E-state index contributed by atoms with van der Waals surface area (Å²) in [5.41, 5.74) is 0.271. The van der Waals surface area contributed by atoms with Crippen LogP contribution in [0.15, 0.2) is 12.3 Å². The van der Waals surface area contributed by atoms with Crippen molar-refractivity contribution in [2.75, 3.05) is 26.5 Å². The molecule has 0 radical (unpaired) electrons. The minimum absolute atomic E-state index is 0.159. The molecule has 2 aromatic heterocycles. The normalized spacial score (nSPS) is 10.1. The lowest BCUT2D eigenvalue weighted by Crippen LogP contribution is -2.18. The molecule has 0 unspecified atom stereocenters. The van der Waals surface area contributed by atoms with Crippen molar-refractivity contribution >= 4 is 11.9 Å². The third-order valence-corrected chi connectivity index (χ3v) is 2.26. The van der Waals surface area contributed by atoms with Crippen LogP contribution in [0.3, 0.4) is 0 Å². The molecule has 0 saturated heterocycles. The third kappa shape index (κ3) is 2.59. The van der Waals surface area contributed by atoms with Gasteiger partial charge in [0.1, 0.15) is 0 Å². The number of nitrogens with zero attached hydrogens (tertiary/aromatic N) is 5. The number of nitrogens with one attached hydrogen (secondary N) is 2. The fourth-order valence-corrected chi connectivity index (χ4v) is 1.34. The predicted molar refractivity (Wildman–Crippen MR) is 66.4 cm³/mol. The first kappa shape index (κ1) is 12.7. The molecule has 19 heavy (non-hydrogen) atoms. The van der Waals surface area contributed by atoms with Gasteiger partial charge in [-0.2, -0.15) is 20.1 Å². The molecule has 0 aliphatic heterocycles. The van der Waals surface area contributed by atoms with E-state index in [-0.39, 0.29) is 23.6 Å². The number of hydrogen-bond acceptors (Lipinski definition) is 7. The maximum atomic E-state index is 11.4. The summed E-state index contributed by atoms with van der Waals surface area (Å²) in [7, 11) is 4.67. The molecule has 0 fully saturated rings. The van der Waals surface area contributed by atoms with Crippen LogP contribution in [0.25, 0.3) is 5.95 Å². The van der Waals surface area contributed by atoms with E-state index in [0.717, 1.165) is 0 Å². The summed E-state index contributed by atoms with van der Waals surface area (Å²) in [4.78, 5) is 23.6. The van der Waals surface area contributed by atoms with Crippen molar-refractivity contribution in [1.29, 1.82) is 0 Å². The highest BCUT2D eigenvalue weighted by Gasteiger charge is 2.12. The van der Waals surface area contributed by atoms with E-state index in [0.29, 0.717) is 5.95 Å². The molecular formula is C10H13N7O2. The lowest BCUT2D eigenvalue weighted by atomic mass is 10.4. The van der Waals surface area contributed by atoms with Gasteiger partial charge in [-0.15, -0.1) is 0 Å². The highest BCUT2D eigenvalue weighted by Crippen LogP contribution is 2.10. The van der Waals surface area contributed by atoms with Crippen molar-refractivity contribution in [3.63, 3.8) is 0 Å². The molecule has 0 saturated carbocycles. The lowest BCUT2D eigenvalue weighted by Gasteiger charge is -2.04. The first-order valence-electron chi connectivity index (χ1n) is 5.44. The van der Waals surface area contributed by atoms with Crippen molar-refractivity contribution < 1.29 is 9.53 Å². The van der Waals surface area contributed by atoms with E-state index in [1.54, 1.807) is 19.3 Å². The zero-order valence-corrected chi connectivity index (χ0v) is 10.7. The van der Waals surface area contributed by atoms with Gasteiger partial charge in [0.15, 0.2) is 5.69 Å². The molecule has 2 heterocycles. The van der Waals surface area contributed by atoms with E-state index in [2.05, 4.69) is 30.7 Å². The number of ether oxygens (including phenoxy) is 1. The van der Waals surface area contributed by atoms with Gasteiger partial charge < -0.3 is 15.4 Å². The maximum Gasteiger partial charge on any atom is 0.322 e. The summed E-state index contributed by atoms with van der Waals surface area (Å²) in [6.07, 6.45) is 1.58. The zero-order valence-electron chi connectivity index (χ0n) is 10.7. The molecular weight excluding hydrogens is 250 g/mol. The molecule has 2 N–H and O–H groups in total. The van der Waals surface area contributed by atoms with Crippen LogP contribution in [0.4, 0.5) is 5.95 Å². The first-order valence-corrected chi connectivity index (χ1v) is 5.44. The minimum Gasteiger partial charge on any atom is -0.467 e. The van der Waals surface area contributed by atoms with Crippen LogP contribution in [0, 0.1) is 0 Å². The summed E-state index contributed by atoms with van der Waals surface area (Å²) < 4.78 is 6.34. The van der Waals surface area contributed by atoms with E-state index in [1.807, 2.05) is 0 Å². The molecule has 2 aromatic rings. The number of rotatable bonds is 4. The van der Waals surface area contributed by atoms with E-state index in [1.165, 1.54) is 18.8 Å². The number of hydrogen-bond donors (Lipinski definition) is 2. The highest BCUT2D eigenvalue weighted by atomic mass is 16.5. The Morgan fingerprint density at radius 3 is 2.74 bits per heavy atom. The van der Waals surface area contributed by atoms with Crippen LogP contribution in [0.5, 0.6) is 6.01 Å². The van der Waals surface area contributed by atoms with Gasteiger partial charge in [0.25, 0.3) is 11.9 Å². The van der Waals surface area contributed by atoms with Crippen LogP contribution in [-0.4, -0.2) is 51.8 Å². The second kappa shape index (κ2) is 5.29. The summed E-state index contributed by atoms with van der Waals surface area (Å²) in [6.45, 7) is 0. The zero-order chi connectivity index (χ0) is 13.8. The fourth-order valence-electron chi connectivity index (χ4n) is 1.34. The van der Waals surface area contributed by atoms with Gasteiger partial charge in [0.05, 0.1) is 7.11 Å². The van der Waals surface area contributed by atoms with Gasteiger partial charge in [-0.25, -0.2) is 4.68 Å². The van der Waals surface area contributed by atoms with Gasteiger partial charge in [0.2, 0.25) is 5.95 Å². The monoisotopic (exact) mass is 263 g/mol. The number of carbonyl (C=O) groups excluding carboxylic acids is 1. The summed E-state index contributed by atoms with van der Waals surface area (Å²) in [6, 6.07) is 1.72. The number of aromatic nitrogens is 5. The number of anilines is 1. The predicted octanol–water partition coefficient (Wildman–Crippen LogP) is -0.533. The Morgan fingerprint density at radius 1 is 1.32 bits per heavy atom. The second-order valence-electron chi connectivity index (χ2n) is 3.42. The molecule has 9 heteroatoms. The molecule has 1 amide bonds. The average molecular weight is 263 g/mol. The molecule has 0 spiro atoms. The van der Waals surface area contributed by atoms with E-state index >= 15 is 0 Å². The molecule has 0 aliphatic rings. The molecule has 0 atom stereocenters. The van der Waals surface area contributed by atoms with Crippen molar-refractivity contribution in [3.8, 4) is 12.0 Å². The van der Waals surface area contributed by atoms with Crippen LogP contribution >= 0.6 is 0 Å². The van der Waals surface area contributed by atoms with Gasteiger partial charge in [-0.1, -0.05) is 0 Å². The van der Waals surface area contributed by atoms with Gasteiger partial charge in [-0.3, -0.25) is 4.79 Å². The largest absolute Gasteiger partial charge is 0.467 e. The molecule has 100 valence electrons. The van der Waals surface area contributed by atoms with Gasteiger partial charge >= 0.3 is 6.01 Å². The van der Waals surface area contributed by atoms with Crippen molar-refractivity contribution in [1.82, 2.24) is 30.0 Å². The summed E-state index contributed by atoms with van der Waals surface area (Å²) in [5, 5.41) is 9.35. The van der Waals surface area contributed by atoms with Crippen molar-refractivity contribution in [2.24, 2.45) is 0 Å². The summed E-state index contributed by atoms with van der Waals surface area (Å²) in [5.74, 6) is 0.318. The lowest BCUT2D eigenvalue weighted by molar-refractivity contribution is 0.0957. The van der Waals surface area contributed by atoms with E-state index < -0.39 is 0 Å². The molecule has 0 aromatic carbocycles. The summed E-state index contributed by atoms with van der Waals surface area (Å²) >= 11 is 0. The Hall–Kier alpha value is -2.71. The topological polar surface area (TPSA) is 107 Å². The van der Waals surface area contributed by atoms with Gasteiger partial charge in [0, 0.05) is 20.3 Å². The maximum absolute atomic E-state index is 11.4. The van der Waals surface area contributed by atoms with Crippen LogP contribution in [0.2, 0.25) is 0 Å². The average Bonchev–Trinajstić information content (AvgIpc) is 2.95. The molecule has 0 bridgehead atoms. The first-order chi connectivity index (χ1) is 9.17. The van der Waals surface area contributed by atoms with Crippen LogP contribution in [-0.2, 0) is 0 Å². The van der Waals surface area contributed by atoms with E-state index in [4.69, 9.17) is 4.74 Å². The van der Waals surface area contributed by atoms with Gasteiger partial charge in [-0.05, 0) is 6.07 Å². The van der Waals surface area contributed by atoms with Crippen LogP contribution < -0.4 is 15.4 Å². The Kier molecular flexibility index (Phi) is 3.55. The standard InChI is InChI=1S/C10H13N7O2/c1-11-7(18)6-4-5-17(16-6)9-13-8(12-2)14-10(15-9)19-3/h4-5H,1-3H3,(H,11,18)(H,12,13,14,15). The molecule has 9 nitrogen and oxygen atoms in total. The van der Waals surface area contributed by atoms with Crippen molar-refractivity contribution in [2.45, 2.75) is 0 Å². The SMILES string of the molecule is CNC(=O)c1ccn(-c2nc(NC)nc(OC)n2)n1. The quantitative estimate of drug-likeness (QED) is 0.763. The Labute approximate surface area is 109 Å². The molecule has 0 aliphatic carbocycles. The molecule has 2 rings (SSSR count). The van der Waals surface area contributed by atoms with Crippen LogP contribution in [0.1, 0.15) is 10.5 Å². The van der Waals surface area contributed by atoms with E-state index in [9.17, 15) is 4.79 Å².